The highest BCUT2D eigenvalue weighted by atomic mass is 35.5. The van der Waals surface area contributed by atoms with E-state index in [0.29, 0.717) is 10.6 Å². The van der Waals surface area contributed by atoms with E-state index < -0.39 is 0 Å². The van der Waals surface area contributed by atoms with Crippen molar-refractivity contribution in [2.24, 2.45) is 0 Å². The summed E-state index contributed by atoms with van der Waals surface area (Å²) in [5, 5.41) is 4.23. The van der Waals surface area contributed by atoms with Gasteiger partial charge < -0.3 is 0 Å². The third-order valence-corrected chi connectivity index (χ3v) is 3.83. The van der Waals surface area contributed by atoms with Crippen LogP contribution in [0.3, 0.4) is 0 Å². The number of hydrogen-bond acceptors (Lipinski definition) is 0. The Morgan fingerprint density at radius 3 is 2.33 bits per heavy atom. The Morgan fingerprint density at radius 1 is 0.762 bits per heavy atom. The molecule has 0 aliphatic carbocycles. The van der Waals surface area contributed by atoms with Crippen LogP contribution < -0.4 is 0 Å². The molecule has 0 aliphatic rings. The normalized spacial score (nSPS) is 14.4. The molecule has 0 fully saturated rings. The molecular formula is C20H13Cl. The average molecular weight is 294 g/mol. The first-order valence-electron chi connectivity index (χ1n) is 9.08. The van der Waals surface area contributed by atoms with Gasteiger partial charge in [-0.05, 0) is 50.9 Å². The Hall–Kier alpha value is -2.31. The molecule has 0 aromatic heterocycles. The van der Waals surface area contributed by atoms with Gasteiger partial charge in [-0.1, -0.05) is 72.1 Å². The summed E-state index contributed by atoms with van der Waals surface area (Å²) >= 11 is 6.15. The first kappa shape index (κ1) is 8.21. The van der Waals surface area contributed by atoms with Crippen LogP contribution in [0.15, 0.2) is 78.7 Å². The summed E-state index contributed by atoms with van der Waals surface area (Å²) in [4.78, 5) is 0. The highest BCUT2D eigenvalue weighted by Gasteiger charge is 2.08. The Balaban J connectivity index is 2.21. The minimum atomic E-state index is -0.388. The molecule has 21 heavy (non-hydrogen) atoms. The summed E-state index contributed by atoms with van der Waals surface area (Å²) in [7, 11) is 0. The zero-order valence-corrected chi connectivity index (χ0v) is 11.8. The molecule has 0 bridgehead atoms. The van der Waals surface area contributed by atoms with E-state index in [-0.39, 0.29) is 35.8 Å². The number of halogens is 1. The Labute approximate surface area is 135 Å². The van der Waals surface area contributed by atoms with Crippen molar-refractivity contribution in [3.05, 3.63) is 83.8 Å². The van der Waals surface area contributed by atoms with Gasteiger partial charge in [0.25, 0.3) is 0 Å². The first-order chi connectivity index (χ1) is 12.4. The molecule has 0 heterocycles. The van der Waals surface area contributed by atoms with E-state index in [2.05, 4.69) is 0 Å². The quantitative estimate of drug-likeness (QED) is 0.361. The second-order valence-electron chi connectivity index (χ2n) is 4.84. The maximum absolute atomic E-state index is 8.30. The van der Waals surface area contributed by atoms with Gasteiger partial charge in [-0.2, -0.15) is 0 Å². The molecule has 4 aromatic rings. The van der Waals surface area contributed by atoms with Gasteiger partial charge in [-0.15, -0.1) is 0 Å². The lowest BCUT2D eigenvalue weighted by Gasteiger charge is -2.11. The van der Waals surface area contributed by atoms with Crippen molar-refractivity contribution in [2.45, 2.75) is 0 Å². The number of rotatable bonds is 1. The summed E-state index contributed by atoms with van der Waals surface area (Å²) in [6.45, 7) is 0. The van der Waals surface area contributed by atoms with E-state index in [1.54, 1.807) is 6.07 Å². The predicted octanol–water partition coefficient (Wildman–Crippen LogP) is 6.31. The van der Waals surface area contributed by atoms with Gasteiger partial charge in [0.1, 0.15) is 0 Å². The minimum absolute atomic E-state index is 0.200. The second kappa shape index (κ2) is 4.91. The molecule has 0 nitrogen and oxygen atoms in total. The van der Waals surface area contributed by atoms with Gasteiger partial charge in [0.15, 0.2) is 0 Å². The maximum Gasteiger partial charge on any atom is 0.0629 e. The fourth-order valence-electron chi connectivity index (χ4n) is 2.67. The molecule has 0 radical (unpaired) electrons. The van der Waals surface area contributed by atoms with Crippen LogP contribution in [0.5, 0.6) is 0 Å². The van der Waals surface area contributed by atoms with E-state index in [1.807, 2.05) is 42.5 Å². The maximum atomic E-state index is 8.30. The fourth-order valence-corrected chi connectivity index (χ4v) is 2.84. The first-order valence-corrected chi connectivity index (χ1v) is 6.96. The highest BCUT2D eigenvalue weighted by molar-refractivity contribution is 6.32. The van der Waals surface area contributed by atoms with Crippen molar-refractivity contribution in [2.75, 3.05) is 0 Å². The van der Waals surface area contributed by atoms with Crippen molar-refractivity contribution >= 4 is 33.1 Å². The van der Waals surface area contributed by atoms with Crippen LogP contribution in [0.4, 0.5) is 0 Å². The van der Waals surface area contributed by atoms with Crippen LogP contribution >= 0.6 is 11.6 Å². The highest BCUT2D eigenvalue weighted by Crippen LogP contribution is 2.35. The molecule has 0 amide bonds. The number of hydrogen-bond donors (Lipinski definition) is 0. The van der Waals surface area contributed by atoms with Crippen molar-refractivity contribution in [3.63, 3.8) is 0 Å². The Morgan fingerprint density at radius 2 is 1.52 bits per heavy atom. The van der Waals surface area contributed by atoms with E-state index in [4.69, 9.17) is 18.5 Å². The third-order valence-electron chi connectivity index (χ3n) is 3.59. The largest absolute Gasteiger partial charge is 0.0843 e. The molecular weight excluding hydrogens is 276 g/mol. The predicted molar refractivity (Wildman–Crippen MR) is 91.9 cm³/mol. The molecule has 0 atom stereocenters. The lowest BCUT2D eigenvalue weighted by molar-refractivity contribution is 1.66. The van der Waals surface area contributed by atoms with Crippen LogP contribution in [-0.2, 0) is 0 Å². The van der Waals surface area contributed by atoms with Gasteiger partial charge in [0.2, 0.25) is 0 Å². The summed E-state index contributed by atoms with van der Waals surface area (Å²) in [6.07, 6.45) is 0. The monoisotopic (exact) mass is 293 g/mol. The molecule has 0 N–H and O–H groups in total. The minimum Gasteiger partial charge on any atom is -0.0843 e. The van der Waals surface area contributed by atoms with Gasteiger partial charge in [-0.25, -0.2) is 0 Å². The molecule has 100 valence electrons. The average Bonchev–Trinajstić information content (AvgIpc) is 2.65. The molecule has 0 aliphatic heterocycles. The van der Waals surface area contributed by atoms with Crippen LogP contribution in [0.2, 0.25) is 5.02 Å². The molecule has 0 saturated carbocycles. The van der Waals surface area contributed by atoms with Crippen LogP contribution in [0, 0.1) is 0 Å². The van der Waals surface area contributed by atoms with E-state index >= 15 is 0 Å². The topological polar surface area (TPSA) is 0 Å². The summed E-state index contributed by atoms with van der Waals surface area (Å²) in [6, 6.07) is 13.6. The SMILES string of the molecule is [2H]c1c([2H])c([2H])c(-c2cc3ccc(Cl)cc3c3ccccc23)c([2H])c1[2H]. The molecule has 4 rings (SSSR count). The van der Waals surface area contributed by atoms with Crippen molar-refractivity contribution in [1.82, 2.24) is 0 Å². The lowest BCUT2D eigenvalue weighted by Crippen LogP contribution is -1.84. The molecule has 4 aromatic carbocycles. The van der Waals surface area contributed by atoms with Crippen LogP contribution in [0.1, 0.15) is 6.85 Å². The molecule has 1 heteroatoms. The Kier molecular flexibility index (Phi) is 1.92. The zero-order chi connectivity index (χ0) is 18.6. The smallest absolute Gasteiger partial charge is 0.0629 e. The van der Waals surface area contributed by atoms with Crippen molar-refractivity contribution in [3.8, 4) is 11.1 Å². The number of fused-ring (bicyclic) bond motifs is 3. The van der Waals surface area contributed by atoms with Crippen LogP contribution in [0.25, 0.3) is 32.7 Å². The summed E-state index contributed by atoms with van der Waals surface area (Å²) in [5.74, 6) is 0. The van der Waals surface area contributed by atoms with Gasteiger partial charge in [0, 0.05) is 5.02 Å². The van der Waals surface area contributed by atoms with E-state index in [9.17, 15) is 0 Å². The van der Waals surface area contributed by atoms with Gasteiger partial charge in [0.05, 0.1) is 6.85 Å². The number of benzene rings is 4. The van der Waals surface area contributed by atoms with E-state index in [1.165, 1.54) is 0 Å². The van der Waals surface area contributed by atoms with E-state index in [0.717, 1.165) is 21.5 Å². The summed E-state index contributed by atoms with van der Waals surface area (Å²) < 4.78 is 40.3. The molecule has 0 unspecified atom stereocenters. The standard InChI is InChI=1S/C20H13Cl/c21-16-11-10-15-12-19(14-6-2-1-3-7-14)17-8-4-5-9-18(17)20(15)13-16/h1-13H/i1D,2D,3D,6D,7D. The third kappa shape index (κ3) is 2.09. The van der Waals surface area contributed by atoms with Gasteiger partial charge in [-0.3, -0.25) is 0 Å². The molecule has 0 saturated heterocycles. The lowest BCUT2D eigenvalue weighted by atomic mass is 9.93. The van der Waals surface area contributed by atoms with Gasteiger partial charge >= 0.3 is 0 Å². The fraction of sp³-hybridized carbons (Fsp3) is 0. The van der Waals surface area contributed by atoms with Crippen molar-refractivity contribution in [1.29, 1.82) is 0 Å². The molecule has 0 spiro atoms. The Bertz CT molecular complexity index is 1170. The second-order valence-corrected chi connectivity index (χ2v) is 5.27. The van der Waals surface area contributed by atoms with Crippen molar-refractivity contribution < 1.29 is 6.85 Å². The van der Waals surface area contributed by atoms with Crippen LogP contribution in [-0.4, -0.2) is 0 Å². The summed E-state index contributed by atoms with van der Waals surface area (Å²) in [5.41, 5.74) is 0.830. The zero-order valence-electron chi connectivity index (χ0n) is 16.0.